The lowest BCUT2D eigenvalue weighted by molar-refractivity contribution is 0.144. The van der Waals surface area contributed by atoms with Gasteiger partial charge in [0.1, 0.15) is 5.69 Å². The number of halogens is 2. The van der Waals surface area contributed by atoms with Crippen molar-refractivity contribution in [2.45, 2.75) is 24.8 Å². The first kappa shape index (κ1) is 8.62. The molecule has 2 atom stereocenters. The van der Waals surface area contributed by atoms with Gasteiger partial charge in [-0.25, -0.2) is 8.78 Å². The molecule has 0 unspecified atom stereocenters. The molecule has 0 saturated heterocycles. The first-order valence-electron chi connectivity index (χ1n) is 4.16. The van der Waals surface area contributed by atoms with Crippen molar-refractivity contribution in [3.63, 3.8) is 0 Å². The van der Waals surface area contributed by atoms with E-state index in [1.807, 2.05) is 0 Å². The molecule has 1 fully saturated rings. The molecule has 0 aliphatic heterocycles. The molecule has 1 aliphatic rings. The highest BCUT2D eigenvalue weighted by Crippen LogP contribution is 2.42. The highest BCUT2D eigenvalue weighted by atomic mass is 19.3. The smallest absolute Gasteiger partial charge is 0.282 e. The second-order valence-corrected chi connectivity index (χ2v) is 3.45. The lowest BCUT2D eigenvalue weighted by Crippen LogP contribution is -2.02. The van der Waals surface area contributed by atoms with Gasteiger partial charge in [-0.1, -0.05) is 0 Å². The van der Waals surface area contributed by atoms with Crippen LogP contribution in [0.4, 0.5) is 8.78 Å². The van der Waals surface area contributed by atoms with E-state index in [9.17, 15) is 8.78 Å². The molecule has 1 aliphatic carbocycles. The van der Waals surface area contributed by atoms with Gasteiger partial charge in [0.25, 0.3) is 6.43 Å². The standard InChI is InChI=1S/C8H11F2N3/c1-13-3-5(4-2-6(4)11)7(12-13)8(9)10/h3-4,6,8H,2,11H2,1H3/t4-,6+/m0/s1. The monoisotopic (exact) mass is 187 g/mol. The summed E-state index contributed by atoms with van der Waals surface area (Å²) in [6.45, 7) is 0. The molecule has 3 nitrogen and oxygen atoms in total. The Bertz CT molecular complexity index is 321. The van der Waals surface area contributed by atoms with Gasteiger partial charge in [-0.2, -0.15) is 5.10 Å². The number of aryl methyl sites for hydroxylation is 1. The Balaban J connectivity index is 2.32. The van der Waals surface area contributed by atoms with E-state index in [4.69, 9.17) is 5.73 Å². The van der Waals surface area contributed by atoms with Gasteiger partial charge in [0, 0.05) is 30.8 Å². The molecule has 5 heteroatoms. The molecule has 0 amide bonds. The predicted octanol–water partition coefficient (Wildman–Crippen LogP) is 1.17. The molecular formula is C8H11F2N3. The first-order valence-corrected chi connectivity index (χ1v) is 4.16. The Hall–Kier alpha value is -0.970. The summed E-state index contributed by atoms with van der Waals surface area (Å²) >= 11 is 0. The molecule has 0 bridgehead atoms. The Kier molecular flexibility index (Phi) is 1.83. The number of rotatable bonds is 2. The SMILES string of the molecule is Cn1cc([C@@H]2C[C@H]2N)c(C(F)F)n1. The van der Waals surface area contributed by atoms with E-state index in [-0.39, 0.29) is 17.7 Å². The third-order valence-electron chi connectivity index (χ3n) is 2.33. The average molecular weight is 187 g/mol. The van der Waals surface area contributed by atoms with Gasteiger partial charge in [0.05, 0.1) is 0 Å². The molecule has 0 spiro atoms. The van der Waals surface area contributed by atoms with Gasteiger partial charge in [0.2, 0.25) is 0 Å². The Morgan fingerprint density at radius 1 is 1.69 bits per heavy atom. The number of nitrogens with two attached hydrogens (primary N) is 1. The molecule has 1 heterocycles. The minimum Gasteiger partial charge on any atom is -0.327 e. The summed E-state index contributed by atoms with van der Waals surface area (Å²) in [5.41, 5.74) is 6.10. The van der Waals surface area contributed by atoms with E-state index in [0.717, 1.165) is 6.42 Å². The van der Waals surface area contributed by atoms with Crippen molar-refractivity contribution in [1.82, 2.24) is 9.78 Å². The lowest BCUT2D eigenvalue weighted by Gasteiger charge is -1.97. The maximum absolute atomic E-state index is 12.4. The van der Waals surface area contributed by atoms with Crippen molar-refractivity contribution in [2.24, 2.45) is 12.8 Å². The number of hydrogen-bond donors (Lipinski definition) is 1. The summed E-state index contributed by atoms with van der Waals surface area (Å²) in [5.74, 6) is 0.0951. The van der Waals surface area contributed by atoms with Crippen LogP contribution in [-0.2, 0) is 7.05 Å². The normalized spacial score (nSPS) is 26.8. The van der Waals surface area contributed by atoms with E-state index < -0.39 is 6.43 Å². The van der Waals surface area contributed by atoms with Crippen molar-refractivity contribution < 1.29 is 8.78 Å². The Morgan fingerprint density at radius 3 is 2.77 bits per heavy atom. The highest BCUT2D eigenvalue weighted by molar-refractivity contribution is 5.30. The Labute approximate surface area is 74.5 Å². The van der Waals surface area contributed by atoms with Crippen LogP contribution in [0, 0.1) is 0 Å². The fourth-order valence-electron chi connectivity index (χ4n) is 1.55. The summed E-state index contributed by atoms with van der Waals surface area (Å²) in [7, 11) is 1.64. The quantitative estimate of drug-likeness (QED) is 0.755. The average Bonchev–Trinajstić information content (AvgIpc) is 2.60. The summed E-state index contributed by atoms with van der Waals surface area (Å²) in [5, 5.41) is 3.72. The fourth-order valence-corrected chi connectivity index (χ4v) is 1.55. The second kappa shape index (κ2) is 2.77. The zero-order valence-electron chi connectivity index (χ0n) is 7.24. The molecule has 2 rings (SSSR count). The van der Waals surface area contributed by atoms with E-state index in [2.05, 4.69) is 5.10 Å². The number of alkyl halides is 2. The van der Waals surface area contributed by atoms with Gasteiger partial charge in [-0.3, -0.25) is 4.68 Å². The van der Waals surface area contributed by atoms with Crippen LogP contribution in [0.2, 0.25) is 0 Å². The molecule has 1 saturated carbocycles. The lowest BCUT2D eigenvalue weighted by atomic mass is 10.1. The van der Waals surface area contributed by atoms with E-state index >= 15 is 0 Å². The molecule has 0 radical (unpaired) electrons. The van der Waals surface area contributed by atoms with Crippen LogP contribution in [0.25, 0.3) is 0 Å². The van der Waals surface area contributed by atoms with Crippen molar-refractivity contribution in [3.05, 3.63) is 17.5 Å². The first-order chi connectivity index (χ1) is 6.09. The summed E-state index contributed by atoms with van der Waals surface area (Å²) in [4.78, 5) is 0. The van der Waals surface area contributed by atoms with Crippen LogP contribution in [-0.4, -0.2) is 15.8 Å². The topological polar surface area (TPSA) is 43.8 Å². The summed E-state index contributed by atoms with van der Waals surface area (Å²) in [6.07, 6.45) is -0.0613. The van der Waals surface area contributed by atoms with Gasteiger partial charge >= 0.3 is 0 Å². The van der Waals surface area contributed by atoms with Crippen LogP contribution in [0.15, 0.2) is 6.20 Å². The van der Waals surface area contributed by atoms with Crippen molar-refractivity contribution in [2.75, 3.05) is 0 Å². The van der Waals surface area contributed by atoms with Gasteiger partial charge in [-0.15, -0.1) is 0 Å². The van der Waals surface area contributed by atoms with Crippen molar-refractivity contribution in [1.29, 1.82) is 0 Å². The van der Waals surface area contributed by atoms with Gasteiger partial charge in [0.15, 0.2) is 0 Å². The Morgan fingerprint density at radius 2 is 2.31 bits per heavy atom. The van der Waals surface area contributed by atoms with Crippen molar-refractivity contribution >= 4 is 0 Å². The molecule has 72 valence electrons. The number of aromatic nitrogens is 2. The largest absolute Gasteiger partial charge is 0.327 e. The number of hydrogen-bond acceptors (Lipinski definition) is 2. The molecule has 2 N–H and O–H groups in total. The predicted molar refractivity (Wildman–Crippen MR) is 43.5 cm³/mol. The summed E-state index contributed by atoms with van der Waals surface area (Å²) in [6, 6.07) is 0.0432. The van der Waals surface area contributed by atoms with E-state index in [0.29, 0.717) is 5.56 Å². The molecule has 13 heavy (non-hydrogen) atoms. The van der Waals surface area contributed by atoms with Gasteiger partial charge < -0.3 is 5.73 Å². The van der Waals surface area contributed by atoms with Crippen molar-refractivity contribution in [3.8, 4) is 0 Å². The third kappa shape index (κ3) is 1.44. The molecule has 1 aromatic rings. The fraction of sp³-hybridized carbons (Fsp3) is 0.625. The minimum absolute atomic E-state index is 0.0432. The van der Waals surface area contributed by atoms with Crippen LogP contribution >= 0.6 is 0 Å². The third-order valence-corrected chi connectivity index (χ3v) is 2.33. The van der Waals surface area contributed by atoms with E-state index in [1.54, 1.807) is 13.2 Å². The maximum Gasteiger partial charge on any atom is 0.282 e. The van der Waals surface area contributed by atoms with Crippen LogP contribution < -0.4 is 5.73 Å². The second-order valence-electron chi connectivity index (χ2n) is 3.45. The molecular weight excluding hydrogens is 176 g/mol. The zero-order valence-corrected chi connectivity index (χ0v) is 7.24. The van der Waals surface area contributed by atoms with E-state index in [1.165, 1.54) is 4.68 Å². The highest BCUT2D eigenvalue weighted by Gasteiger charge is 2.39. The minimum atomic E-state index is -2.50. The van der Waals surface area contributed by atoms with Crippen LogP contribution in [0.1, 0.15) is 30.0 Å². The van der Waals surface area contributed by atoms with Gasteiger partial charge in [-0.05, 0) is 6.42 Å². The zero-order chi connectivity index (χ0) is 9.59. The maximum atomic E-state index is 12.4. The van der Waals surface area contributed by atoms with Crippen LogP contribution in [0.3, 0.4) is 0 Å². The van der Waals surface area contributed by atoms with Crippen LogP contribution in [0.5, 0.6) is 0 Å². The molecule has 1 aromatic heterocycles. The molecule has 0 aromatic carbocycles. The number of nitrogens with zero attached hydrogens (tertiary/aromatic N) is 2. The summed E-state index contributed by atoms with van der Waals surface area (Å²) < 4.78 is 26.3.